The van der Waals surface area contributed by atoms with Crippen molar-refractivity contribution in [3.8, 4) is 11.5 Å². The van der Waals surface area contributed by atoms with Crippen LogP contribution in [0.1, 0.15) is 17.3 Å². The predicted molar refractivity (Wildman–Crippen MR) is 119 cm³/mol. The Balaban J connectivity index is 2.13. The van der Waals surface area contributed by atoms with Crippen molar-refractivity contribution in [3.63, 3.8) is 0 Å². The third kappa shape index (κ3) is 5.33. The molecule has 0 unspecified atom stereocenters. The average Bonchev–Trinajstić information content (AvgIpc) is 3.09. The molecular formula is C21H24N2O6S2. The zero-order valence-electron chi connectivity index (χ0n) is 17.7. The first kappa shape index (κ1) is 23.0. The zero-order chi connectivity index (χ0) is 22.6. The van der Waals surface area contributed by atoms with Crippen LogP contribution in [0.2, 0.25) is 0 Å². The van der Waals surface area contributed by atoms with Gasteiger partial charge in [-0.05, 0) is 37.3 Å². The van der Waals surface area contributed by atoms with Crippen molar-refractivity contribution in [2.24, 2.45) is 4.99 Å². The van der Waals surface area contributed by atoms with E-state index in [0.29, 0.717) is 46.3 Å². The Morgan fingerprint density at radius 2 is 1.77 bits per heavy atom. The van der Waals surface area contributed by atoms with Crippen LogP contribution in [0.5, 0.6) is 11.5 Å². The first-order valence-electron chi connectivity index (χ1n) is 9.50. The minimum absolute atomic E-state index is 0.216. The van der Waals surface area contributed by atoms with Crippen molar-refractivity contribution in [3.05, 3.63) is 46.8 Å². The van der Waals surface area contributed by atoms with Gasteiger partial charge in [0.15, 0.2) is 14.6 Å². The highest BCUT2D eigenvalue weighted by Crippen LogP contribution is 2.24. The molecule has 2 aromatic carbocycles. The number of amides is 1. The van der Waals surface area contributed by atoms with Crippen LogP contribution in [0.3, 0.4) is 0 Å². The fourth-order valence-electron chi connectivity index (χ4n) is 2.97. The molecule has 0 saturated heterocycles. The fraction of sp³-hybridized carbons (Fsp3) is 0.333. The van der Waals surface area contributed by atoms with E-state index in [4.69, 9.17) is 14.2 Å². The van der Waals surface area contributed by atoms with E-state index in [0.717, 1.165) is 11.8 Å². The first-order valence-corrected chi connectivity index (χ1v) is 12.2. The number of methoxy groups -OCH3 is 2. The maximum absolute atomic E-state index is 12.9. The molecule has 0 radical (unpaired) electrons. The molecule has 8 nitrogen and oxygen atoms in total. The molecule has 1 amide bonds. The van der Waals surface area contributed by atoms with E-state index in [2.05, 4.69) is 4.99 Å². The van der Waals surface area contributed by atoms with Gasteiger partial charge in [0.25, 0.3) is 5.91 Å². The molecule has 0 aliphatic carbocycles. The lowest BCUT2D eigenvalue weighted by atomic mass is 10.2. The molecule has 10 heteroatoms. The average molecular weight is 465 g/mol. The molecule has 3 rings (SSSR count). The van der Waals surface area contributed by atoms with Crippen LogP contribution in [-0.4, -0.2) is 52.6 Å². The smallest absolute Gasteiger partial charge is 0.279 e. The van der Waals surface area contributed by atoms with Gasteiger partial charge in [0.2, 0.25) is 0 Å². The second-order valence-electron chi connectivity index (χ2n) is 6.65. The number of carbonyl (C=O) groups is 1. The molecule has 0 atom stereocenters. The Kier molecular flexibility index (Phi) is 7.14. The molecule has 0 aliphatic heterocycles. The van der Waals surface area contributed by atoms with Crippen LogP contribution in [0.4, 0.5) is 0 Å². The third-order valence-corrected chi connectivity index (χ3v) is 6.69. The van der Waals surface area contributed by atoms with Crippen LogP contribution in [0, 0.1) is 0 Å². The second kappa shape index (κ2) is 9.63. The van der Waals surface area contributed by atoms with E-state index in [1.807, 2.05) is 11.5 Å². The van der Waals surface area contributed by atoms with E-state index in [1.54, 1.807) is 36.4 Å². The molecule has 166 valence electrons. The number of hydrogen-bond donors (Lipinski definition) is 0. The number of thiazole rings is 1. The maximum atomic E-state index is 12.9. The lowest BCUT2D eigenvalue weighted by Gasteiger charge is -2.07. The summed E-state index contributed by atoms with van der Waals surface area (Å²) in [5.74, 6) is 0.504. The van der Waals surface area contributed by atoms with Crippen LogP contribution in [0.15, 0.2) is 46.3 Å². The number of carbonyl (C=O) groups excluding carboxylic acids is 1. The van der Waals surface area contributed by atoms with Crippen molar-refractivity contribution in [1.29, 1.82) is 0 Å². The summed E-state index contributed by atoms with van der Waals surface area (Å²) < 4.78 is 42.4. The summed E-state index contributed by atoms with van der Waals surface area (Å²) >= 11 is 1.25. The highest BCUT2D eigenvalue weighted by atomic mass is 32.2. The SMILES string of the molecule is CCOCCn1c(=NC(=O)c2cc(OC)cc(OC)c2)sc2cc(S(C)(=O)=O)ccc21. The van der Waals surface area contributed by atoms with Crippen LogP contribution in [0.25, 0.3) is 10.2 Å². The van der Waals surface area contributed by atoms with Crippen molar-refractivity contribution in [2.75, 3.05) is 33.7 Å². The van der Waals surface area contributed by atoms with E-state index in [-0.39, 0.29) is 4.90 Å². The predicted octanol–water partition coefficient (Wildman–Crippen LogP) is 2.90. The Morgan fingerprint density at radius 3 is 2.35 bits per heavy atom. The van der Waals surface area contributed by atoms with Crippen LogP contribution < -0.4 is 14.3 Å². The highest BCUT2D eigenvalue weighted by Gasteiger charge is 2.14. The van der Waals surface area contributed by atoms with Gasteiger partial charge in [-0.15, -0.1) is 0 Å². The Morgan fingerprint density at radius 1 is 1.10 bits per heavy atom. The number of rotatable bonds is 8. The van der Waals surface area contributed by atoms with Gasteiger partial charge in [-0.3, -0.25) is 4.79 Å². The molecule has 0 fully saturated rings. The van der Waals surface area contributed by atoms with Gasteiger partial charge in [0.1, 0.15) is 11.5 Å². The summed E-state index contributed by atoms with van der Waals surface area (Å²) in [7, 11) is -0.339. The minimum atomic E-state index is -3.35. The summed E-state index contributed by atoms with van der Waals surface area (Å²) in [6, 6.07) is 9.74. The first-order chi connectivity index (χ1) is 14.8. The van der Waals surface area contributed by atoms with Gasteiger partial charge in [-0.25, -0.2) is 8.42 Å². The number of ether oxygens (including phenoxy) is 3. The van der Waals surface area contributed by atoms with Crippen LogP contribution in [-0.2, 0) is 21.1 Å². The lowest BCUT2D eigenvalue weighted by Crippen LogP contribution is -2.19. The van der Waals surface area contributed by atoms with Gasteiger partial charge in [0, 0.05) is 31.0 Å². The monoisotopic (exact) mass is 464 g/mol. The molecule has 0 N–H and O–H groups in total. The Bertz CT molecular complexity index is 1250. The molecule has 0 bridgehead atoms. The van der Waals surface area contributed by atoms with Gasteiger partial charge in [0.05, 0.1) is 35.9 Å². The fourth-order valence-corrected chi connectivity index (χ4v) is 4.78. The number of sulfone groups is 1. The summed E-state index contributed by atoms with van der Waals surface area (Å²) in [5.41, 5.74) is 1.11. The van der Waals surface area contributed by atoms with E-state index < -0.39 is 15.7 Å². The van der Waals surface area contributed by atoms with Crippen molar-refractivity contribution in [1.82, 2.24) is 4.57 Å². The molecule has 31 heavy (non-hydrogen) atoms. The third-order valence-electron chi connectivity index (χ3n) is 4.54. The molecular weight excluding hydrogens is 440 g/mol. The molecule has 1 heterocycles. The highest BCUT2D eigenvalue weighted by molar-refractivity contribution is 7.90. The maximum Gasteiger partial charge on any atom is 0.279 e. The van der Waals surface area contributed by atoms with Crippen molar-refractivity contribution >= 4 is 37.3 Å². The Labute approximate surface area is 184 Å². The lowest BCUT2D eigenvalue weighted by molar-refractivity contribution is 0.0996. The number of nitrogens with zero attached hydrogens (tertiary/aromatic N) is 2. The van der Waals surface area contributed by atoms with E-state index in [1.165, 1.54) is 25.6 Å². The topological polar surface area (TPSA) is 96.2 Å². The standard InChI is InChI=1S/C21H24N2O6S2/c1-5-29-9-8-23-18-7-6-17(31(4,25)26)13-19(18)30-21(23)22-20(24)14-10-15(27-2)12-16(11-14)28-3/h6-7,10-13H,5,8-9H2,1-4H3. The number of fused-ring (bicyclic) bond motifs is 1. The molecule has 0 spiro atoms. The normalized spacial score (nSPS) is 12.3. The van der Waals surface area contributed by atoms with E-state index >= 15 is 0 Å². The molecule has 1 aromatic heterocycles. The number of benzene rings is 2. The minimum Gasteiger partial charge on any atom is -0.497 e. The quantitative estimate of drug-likeness (QED) is 0.476. The second-order valence-corrected chi connectivity index (χ2v) is 9.68. The summed E-state index contributed by atoms with van der Waals surface area (Å²) in [6.07, 6.45) is 1.16. The van der Waals surface area contributed by atoms with Gasteiger partial charge < -0.3 is 18.8 Å². The van der Waals surface area contributed by atoms with E-state index in [9.17, 15) is 13.2 Å². The summed E-state index contributed by atoms with van der Waals surface area (Å²) in [4.78, 5) is 17.9. The molecule has 0 aliphatic rings. The number of aromatic nitrogens is 1. The summed E-state index contributed by atoms with van der Waals surface area (Å²) in [6.45, 7) is 3.37. The summed E-state index contributed by atoms with van der Waals surface area (Å²) in [5, 5.41) is 0. The van der Waals surface area contributed by atoms with Crippen molar-refractivity contribution in [2.45, 2.75) is 18.4 Å². The molecule has 0 saturated carbocycles. The van der Waals surface area contributed by atoms with Crippen LogP contribution >= 0.6 is 11.3 Å². The number of hydrogen-bond acceptors (Lipinski definition) is 7. The largest absolute Gasteiger partial charge is 0.497 e. The van der Waals surface area contributed by atoms with Crippen molar-refractivity contribution < 1.29 is 27.4 Å². The van der Waals surface area contributed by atoms with Gasteiger partial charge >= 0.3 is 0 Å². The molecule has 3 aromatic rings. The van der Waals surface area contributed by atoms with Gasteiger partial charge in [-0.2, -0.15) is 4.99 Å². The zero-order valence-corrected chi connectivity index (χ0v) is 19.4. The Hall–Kier alpha value is -2.69. The van der Waals surface area contributed by atoms with Gasteiger partial charge in [-0.1, -0.05) is 11.3 Å².